The third-order valence-corrected chi connectivity index (χ3v) is 2.26. The second kappa shape index (κ2) is 8.95. The number of rotatable bonds is 9. The summed E-state index contributed by atoms with van der Waals surface area (Å²) < 4.78 is 9.96. The van der Waals surface area contributed by atoms with E-state index in [4.69, 9.17) is 9.84 Å². The third-order valence-electron chi connectivity index (χ3n) is 2.26. The molecule has 2 unspecified atom stereocenters. The molecule has 17 heavy (non-hydrogen) atoms. The fourth-order valence-corrected chi connectivity index (χ4v) is 1.09. The van der Waals surface area contributed by atoms with Crippen molar-refractivity contribution in [2.45, 2.75) is 38.9 Å². The quantitative estimate of drug-likeness (QED) is 0.576. The van der Waals surface area contributed by atoms with Gasteiger partial charge in [0.05, 0.1) is 6.54 Å². The van der Waals surface area contributed by atoms with Crippen molar-refractivity contribution < 1.29 is 24.2 Å². The summed E-state index contributed by atoms with van der Waals surface area (Å²) in [5.74, 6) is -1.43. The molecule has 0 saturated carbocycles. The van der Waals surface area contributed by atoms with Crippen molar-refractivity contribution in [3.05, 3.63) is 0 Å². The number of carbonyl (C=O) groups is 2. The van der Waals surface area contributed by atoms with Crippen molar-refractivity contribution in [1.29, 1.82) is 0 Å². The second-order valence-corrected chi connectivity index (χ2v) is 3.67. The van der Waals surface area contributed by atoms with Crippen LogP contribution in [0, 0.1) is 0 Å². The number of aliphatic carboxylic acids is 1. The fourth-order valence-electron chi connectivity index (χ4n) is 1.09. The van der Waals surface area contributed by atoms with E-state index in [0.29, 0.717) is 6.61 Å². The fraction of sp³-hybridized carbons (Fsp3) is 0.818. The van der Waals surface area contributed by atoms with Gasteiger partial charge in [0.2, 0.25) is 5.91 Å². The average Bonchev–Trinajstić information content (AvgIpc) is 2.29. The molecule has 0 saturated heterocycles. The Bertz CT molecular complexity index is 244. The van der Waals surface area contributed by atoms with Crippen molar-refractivity contribution in [2.75, 3.05) is 20.3 Å². The maximum atomic E-state index is 11.5. The molecule has 0 bridgehead atoms. The summed E-state index contributed by atoms with van der Waals surface area (Å²) in [6.45, 7) is 4.13. The van der Waals surface area contributed by atoms with Gasteiger partial charge in [0.25, 0.3) is 0 Å². The van der Waals surface area contributed by atoms with Crippen molar-refractivity contribution in [1.82, 2.24) is 5.32 Å². The number of hydrogen-bond acceptors (Lipinski definition) is 4. The molecule has 0 fully saturated rings. The molecule has 0 aromatic heterocycles. The van der Waals surface area contributed by atoms with Gasteiger partial charge in [-0.15, -0.1) is 0 Å². The number of carboxylic acid groups (broad SMARTS) is 1. The van der Waals surface area contributed by atoms with Gasteiger partial charge in [-0.3, -0.25) is 4.79 Å². The molecule has 6 nitrogen and oxygen atoms in total. The maximum Gasteiger partial charge on any atom is 0.334 e. The number of carbonyl (C=O) groups excluding carboxylic acids is 1. The summed E-state index contributed by atoms with van der Waals surface area (Å²) in [4.78, 5) is 22.1. The average molecular weight is 247 g/mol. The molecule has 0 heterocycles. The zero-order valence-electron chi connectivity index (χ0n) is 10.6. The van der Waals surface area contributed by atoms with Crippen LogP contribution >= 0.6 is 0 Å². The van der Waals surface area contributed by atoms with Gasteiger partial charge in [-0.1, -0.05) is 13.3 Å². The van der Waals surface area contributed by atoms with Crippen LogP contribution in [-0.2, 0) is 19.1 Å². The summed E-state index contributed by atoms with van der Waals surface area (Å²) in [6.07, 6.45) is 0.293. The van der Waals surface area contributed by atoms with Crippen LogP contribution in [0.15, 0.2) is 0 Å². The Morgan fingerprint density at radius 3 is 2.53 bits per heavy atom. The smallest absolute Gasteiger partial charge is 0.334 e. The number of ether oxygens (including phenoxy) is 2. The molecule has 100 valence electrons. The number of hydrogen-bond donors (Lipinski definition) is 2. The first-order chi connectivity index (χ1) is 8.02. The molecule has 0 spiro atoms. The molecular formula is C11H21NO5. The molecule has 0 rings (SSSR count). The highest BCUT2D eigenvalue weighted by Crippen LogP contribution is 1.96. The zero-order chi connectivity index (χ0) is 13.3. The van der Waals surface area contributed by atoms with E-state index in [0.717, 1.165) is 12.8 Å². The van der Waals surface area contributed by atoms with Crippen LogP contribution in [0.5, 0.6) is 0 Å². The van der Waals surface area contributed by atoms with E-state index >= 15 is 0 Å². The van der Waals surface area contributed by atoms with E-state index < -0.39 is 18.2 Å². The van der Waals surface area contributed by atoms with Gasteiger partial charge < -0.3 is 19.9 Å². The Balaban J connectivity index is 3.87. The van der Waals surface area contributed by atoms with Gasteiger partial charge >= 0.3 is 5.97 Å². The van der Waals surface area contributed by atoms with Crippen LogP contribution in [-0.4, -0.2) is 49.5 Å². The molecule has 2 atom stereocenters. The Hall–Kier alpha value is -1.14. The Kier molecular flexibility index (Phi) is 8.35. The lowest BCUT2D eigenvalue weighted by molar-refractivity contribution is -0.148. The van der Waals surface area contributed by atoms with E-state index in [-0.39, 0.29) is 12.5 Å². The summed E-state index contributed by atoms with van der Waals surface area (Å²) in [5, 5.41) is 11.2. The molecule has 0 aliphatic heterocycles. The van der Waals surface area contributed by atoms with Crippen LogP contribution in [0.25, 0.3) is 0 Å². The minimum absolute atomic E-state index is 0.0633. The predicted molar refractivity (Wildman–Crippen MR) is 61.8 cm³/mol. The first-order valence-corrected chi connectivity index (χ1v) is 5.67. The monoisotopic (exact) mass is 247 g/mol. The van der Waals surface area contributed by atoms with Crippen LogP contribution in [0.3, 0.4) is 0 Å². The minimum Gasteiger partial charge on any atom is -0.479 e. The Labute approximate surface area is 101 Å². The molecule has 0 aliphatic carbocycles. The predicted octanol–water partition coefficient (Wildman–Crippen LogP) is 0.407. The van der Waals surface area contributed by atoms with Crippen LogP contribution in [0.2, 0.25) is 0 Å². The highest BCUT2D eigenvalue weighted by molar-refractivity contribution is 5.81. The van der Waals surface area contributed by atoms with Gasteiger partial charge in [-0.2, -0.15) is 0 Å². The number of amides is 1. The van der Waals surface area contributed by atoms with Crippen LogP contribution < -0.4 is 5.32 Å². The van der Waals surface area contributed by atoms with Gasteiger partial charge in [-0.25, -0.2) is 4.79 Å². The highest BCUT2D eigenvalue weighted by atomic mass is 16.5. The maximum absolute atomic E-state index is 11.5. The summed E-state index contributed by atoms with van der Waals surface area (Å²) in [6, 6.07) is 0. The molecule has 6 heteroatoms. The van der Waals surface area contributed by atoms with Crippen molar-refractivity contribution >= 4 is 11.9 Å². The molecule has 1 amide bonds. The standard InChI is InChI=1S/C11H21NO5/c1-4-5-6-17-8(2)10(13)12-7-9(16-3)11(14)15/h8-9H,4-7H2,1-3H3,(H,12,13)(H,14,15). The van der Waals surface area contributed by atoms with Gasteiger partial charge in [-0.05, 0) is 13.3 Å². The molecule has 0 aromatic rings. The topological polar surface area (TPSA) is 84.9 Å². The first kappa shape index (κ1) is 15.9. The Morgan fingerprint density at radius 1 is 1.41 bits per heavy atom. The SMILES string of the molecule is CCCCOC(C)C(=O)NCC(OC)C(=O)O. The lowest BCUT2D eigenvalue weighted by atomic mass is 10.3. The summed E-state index contributed by atoms with van der Waals surface area (Å²) in [7, 11) is 1.28. The summed E-state index contributed by atoms with van der Waals surface area (Å²) in [5.41, 5.74) is 0. The van der Waals surface area contributed by atoms with E-state index in [1.54, 1.807) is 6.92 Å². The molecule has 0 aromatic carbocycles. The molecular weight excluding hydrogens is 226 g/mol. The minimum atomic E-state index is -1.10. The number of methoxy groups -OCH3 is 1. The van der Waals surface area contributed by atoms with Crippen molar-refractivity contribution in [2.24, 2.45) is 0 Å². The van der Waals surface area contributed by atoms with Crippen molar-refractivity contribution in [3.8, 4) is 0 Å². The number of carboxylic acids is 1. The van der Waals surface area contributed by atoms with E-state index in [1.165, 1.54) is 7.11 Å². The van der Waals surface area contributed by atoms with Gasteiger partial charge in [0.15, 0.2) is 6.10 Å². The second-order valence-electron chi connectivity index (χ2n) is 3.67. The van der Waals surface area contributed by atoms with E-state index in [9.17, 15) is 9.59 Å². The molecule has 2 N–H and O–H groups in total. The first-order valence-electron chi connectivity index (χ1n) is 5.67. The number of unbranched alkanes of at least 4 members (excludes halogenated alkanes) is 1. The molecule has 0 aliphatic rings. The lowest BCUT2D eigenvalue weighted by Crippen LogP contribution is -2.42. The van der Waals surface area contributed by atoms with Crippen molar-refractivity contribution in [3.63, 3.8) is 0 Å². The largest absolute Gasteiger partial charge is 0.479 e. The van der Waals surface area contributed by atoms with Gasteiger partial charge in [0, 0.05) is 13.7 Å². The normalized spacial score (nSPS) is 14.1. The lowest BCUT2D eigenvalue weighted by Gasteiger charge is -2.15. The Morgan fingerprint density at radius 2 is 2.06 bits per heavy atom. The van der Waals surface area contributed by atoms with Crippen LogP contribution in [0.1, 0.15) is 26.7 Å². The highest BCUT2D eigenvalue weighted by Gasteiger charge is 2.19. The third kappa shape index (κ3) is 6.91. The molecule has 0 radical (unpaired) electrons. The van der Waals surface area contributed by atoms with Gasteiger partial charge in [0.1, 0.15) is 6.10 Å². The van der Waals surface area contributed by atoms with E-state index in [2.05, 4.69) is 10.1 Å². The zero-order valence-corrected chi connectivity index (χ0v) is 10.6. The van der Waals surface area contributed by atoms with E-state index in [1.807, 2.05) is 6.92 Å². The summed E-state index contributed by atoms with van der Waals surface area (Å²) >= 11 is 0. The van der Waals surface area contributed by atoms with Crippen LogP contribution in [0.4, 0.5) is 0 Å². The number of nitrogens with one attached hydrogen (secondary N) is 1.